The van der Waals surface area contributed by atoms with Crippen molar-refractivity contribution in [1.82, 2.24) is 0 Å². The summed E-state index contributed by atoms with van der Waals surface area (Å²) in [5.74, 6) is -4.72. The van der Waals surface area contributed by atoms with Gasteiger partial charge in [0.15, 0.2) is 0 Å². The van der Waals surface area contributed by atoms with E-state index in [1.807, 2.05) is 6.92 Å². The number of hydrogen-bond donors (Lipinski definition) is 0. The number of rotatable bonds is 18. The fourth-order valence-electron chi connectivity index (χ4n) is 6.48. The number of halogens is 18. The van der Waals surface area contributed by atoms with Crippen molar-refractivity contribution in [3.8, 4) is 17.2 Å². The molecule has 3 aromatic rings. The molecule has 0 saturated heterocycles. The molecule has 62 heavy (non-hydrogen) atoms. The van der Waals surface area contributed by atoms with Gasteiger partial charge in [-0.1, -0.05) is 45.8 Å². The normalized spacial score (nSPS) is 13.7. The molecule has 1 unspecified atom stereocenters. The maximum Gasteiger partial charge on any atom is 0.864 e. The van der Waals surface area contributed by atoms with Crippen LogP contribution in [0.1, 0.15) is 90.4 Å². The Labute approximate surface area is 343 Å². The van der Waals surface area contributed by atoms with Crippen LogP contribution < -0.4 is 14.0 Å². The fourth-order valence-corrected chi connectivity index (χ4v) is 6.48. The van der Waals surface area contributed by atoms with Crippen LogP contribution in [-0.2, 0) is 37.1 Å². The lowest BCUT2D eigenvalue weighted by Crippen LogP contribution is -2.48. The molecule has 23 heteroatoms. The highest BCUT2D eigenvalue weighted by molar-refractivity contribution is 6.39. The van der Waals surface area contributed by atoms with Crippen molar-refractivity contribution in [2.75, 3.05) is 20.1 Å². The van der Waals surface area contributed by atoms with Crippen molar-refractivity contribution < 1.29 is 97.5 Å². The number of quaternary nitrogens is 1. The molecule has 0 aliphatic rings. The zero-order valence-corrected chi connectivity index (χ0v) is 32.5. The molecule has 0 aliphatic heterocycles. The van der Waals surface area contributed by atoms with Crippen LogP contribution in [0.15, 0.2) is 73.8 Å². The molecule has 0 saturated carbocycles. The molecule has 4 nitrogen and oxygen atoms in total. The third kappa shape index (κ3) is 13.9. The van der Waals surface area contributed by atoms with Gasteiger partial charge in [0.1, 0.15) is 23.3 Å². The van der Waals surface area contributed by atoms with Crippen LogP contribution in [-0.4, -0.2) is 31.9 Å². The van der Waals surface area contributed by atoms with Gasteiger partial charge in [-0.25, -0.2) is 0 Å². The van der Waals surface area contributed by atoms with Crippen molar-refractivity contribution in [3.05, 3.63) is 113 Å². The second kappa shape index (κ2) is 19.4. The molecule has 0 spiro atoms. The zero-order valence-electron chi connectivity index (χ0n) is 32.5. The maximum atomic E-state index is 15.1. The second-order valence-corrected chi connectivity index (χ2v) is 14.2. The average Bonchev–Trinajstić information content (AvgIpc) is 3.10. The van der Waals surface area contributed by atoms with E-state index in [1.54, 1.807) is 0 Å². The van der Waals surface area contributed by atoms with E-state index in [0.29, 0.717) is 25.7 Å². The van der Waals surface area contributed by atoms with Crippen molar-refractivity contribution in [2.45, 2.75) is 88.5 Å². The van der Waals surface area contributed by atoms with Crippen LogP contribution in [0.2, 0.25) is 0 Å². The van der Waals surface area contributed by atoms with Gasteiger partial charge in [-0.3, -0.25) is 0 Å². The van der Waals surface area contributed by atoms with Gasteiger partial charge in [-0.15, -0.1) is 0 Å². The van der Waals surface area contributed by atoms with Crippen LogP contribution in [0.5, 0.6) is 17.2 Å². The van der Waals surface area contributed by atoms with Crippen molar-refractivity contribution >= 4 is 7.32 Å². The fraction of sp³-hybridized carbons (Fsp3) is 0.436. The third-order valence-corrected chi connectivity index (χ3v) is 9.34. The Morgan fingerprint density at radius 2 is 0.887 bits per heavy atom. The minimum absolute atomic E-state index is 0.0545. The zero-order chi connectivity index (χ0) is 47.3. The van der Waals surface area contributed by atoms with Crippen LogP contribution >= 0.6 is 0 Å². The summed E-state index contributed by atoms with van der Waals surface area (Å²) in [5.41, 5.74) is -13.7. The molecule has 344 valence electrons. The van der Waals surface area contributed by atoms with Crippen molar-refractivity contribution in [2.24, 2.45) is 0 Å². The molecule has 0 aliphatic carbocycles. The number of alkyl halides is 18. The van der Waals surface area contributed by atoms with Crippen LogP contribution in [0, 0.1) is 0 Å². The third-order valence-electron chi connectivity index (χ3n) is 9.34. The van der Waals surface area contributed by atoms with Crippen LogP contribution in [0.4, 0.5) is 79.0 Å². The molecule has 3 rings (SSSR count). The van der Waals surface area contributed by atoms with E-state index in [9.17, 15) is 65.9 Å². The lowest BCUT2D eigenvalue weighted by molar-refractivity contribution is -0.929. The topological polar surface area (TPSA) is 27.7 Å². The first kappa shape index (κ1) is 51.7. The van der Waals surface area contributed by atoms with Gasteiger partial charge in [0.25, 0.3) is 0 Å². The minimum atomic E-state index is -5.69. The van der Waals surface area contributed by atoms with Gasteiger partial charge in [0.2, 0.25) is 0 Å². The Hall–Kier alpha value is -4.70. The average molecular weight is 921 g/mol. The van der Waals surface area contributed by atoms with Crippen molar-refractivity contribution in [3.63, 3.8) is 0 Å². The summed E-state index contributed by atoms with van der Waals surface area (Å²) in [4.78, 5) is 0. The predicted octanol–water partition coefficient (Wildman–Crippen LogP) is 14.5. The Balaban J connectivity index is 2.53. The van der Waals surface area contributed by atoms with Gasteiger partial charge >= 0.3 is 44.4 Å². The van der Waals surface area contributed by atoms with Gasteiger partial charge in [0, 0.05) is 6.42 Å². The molecule has 0 N–H and O–H groups in total. The Bertz CT molecular complexity index is 1850. The van der Waals surface area contributed by atoms with Gasteiger partial charge < -0.3 is 18.4 Å². The first-order valence-corrected chi connectivity index (χ1v) is 18.2. The second-order valence-electron chi connectivity index (χ2n) is 14.2. The van der Waals surface area contributed by atoms with E-state index in [0.717, 1.165) is 0 Å². The summed E-state index contributed by atoms with van der Waals surface area (Å²) < 4.78 is 269. The van der Waals surface area contributed by atoms with Gasteiger partial charge in [-0.05, 0) is 67.1 Å². The molecule has 3 aromatic carbocycles. The first-order chi connectivity index (χ1) is 28.2. The van der Waals surface area contributed by atoms with E-state index in [1.165, 1.54) is 19.2 Å². The molecule has 0 fully saturated rings. The highest BCUT2D eigenvalue weighted by Crippen LogP contribution is 2.49. The van der Waals surface area contributed by atoms with Crippen LogP contribution in [0.3, 0.4) is 0 Å². The summed E-state index contributed by atoms with van der Waals surface area (Å²) in [5, 5.41) is 0. The summed E-state index contributed by atoms with van der Waals surface area (Å²) in [6.45, 7) is 8.60. The molecule has 0 radical (unpaired) electrons. The SMILES string of the molecule is C=CC[N+](C)(CC=C)C(CCCCCCC)c1c(OB(Oc2cc(C(F)(F)F)cc(C(F)(F)F)c2)Oc2cc(C(F)(F)F)cc(C(F)(F)F)c2)cc(C(F)(F)F)cc1C(F)(F)F. The molecule has 1 atom stereocenters. The molecule has 0 heterocycles. The molecule has 0 amide bonds. The minimum Gasteiger partial charge on any atom is -0.490 e. The number of nitrogens with zero attached hydrogens (tertiary/aromatic N) is 1. The van der Waals surface area contributed by atoms with Gasteiger partial charge in [-0.2, -0.15) is 79.0 Å². The van der Waals surface area contributed by atoms with E-state index in [2.05, 4.69) is 13.2 Å². The summed E-state index contributed by atoms with van der Waals surface area (Å²) >= 11 is 0. The summed E-state index contributed by atoms with van der Waals surface area (Å²) in [6, 6.07) is -3.45. The standard InChI is InChI=1S/C39H37BF18NO3/c1-5-8-9-10-11-12-31(59(4,13-6-2)14-7-3)33-30(39(56,57)58)21-27(38(53,54)55)22-32(33)62-40(60-28-17-23(34(41,42)43)15-24(18-28)35(44,45)46)61-29-19-25(36(47,48)49)16-26(20-29)37(50,51)52/h6-7,15-22,31H,2-3,5,8-14H2,1,4H3/q+1. The molecule has 0 bridgehead atoms. The molecular formula is C39H37BF18NO3+. The Morgan fingerprint density at radius 1 is 0.516 bits per heavy atom. The van der Waals surface area contributed by atoms with E-state index < -0.39 is 123 Å². The lowest BCUT2D eigenvalue weighted by Gasteiger charge is -2.42. The monoisotopic (exact) mass is 920 g/mol. The summed E-state index contributed by atoms with van der Waals surface area (Å²) in [6.07, 6.45) is -29.1. The highest BCUT2D eigenvalue weighted by Gasteiger charge is 2.48. The smallest absolute Gasteiger partial charge is 0.490 e. The summed E-state index contributed by atoms with van der Waals surface area (Å²) in [7, 11) is -1.95. The van der Waals surface area contributed by atoms with E-state index in [4.69, 9.17) is 14.0 Å². The Morgan fingerprint density at radius 3 is 1.23 bits per heavy atom. The van der Waals surface area contributed by atoms with Crippen LogP contribution in [0.25, 0.3) is 0 Å². The number of benzene rings is 3. The largest absolute Gasteiger partial charge is 0.864 e. The van der Waals surface area contributed by atoms with Crippen molar-refractivity contribution in [1.29, 1.82) is 0 Å². The first-order valence-electron chi connectivity index (χ1n) is 18.2. The molecule has 0 aromatic heterocycles. The van der Waals surface area contributed by atoms with Gasteiger partial charge in [0.05, 0.1) is 59.1 Å². The lowest BCUT2D eigenvalue weighted by atomic mass is 9.89. The van der Waals surface area contributed by atoms with E-state index >= 15 is 13.2 Å². The Kier molecular flexibility index (Phi) is 16.1. The quantitative estimate of drug-likeness (QED) is 0.0418. The number of hydrogen-bond acceptors (Lipinski definition) is 3. The highest BCUT2D eigenvalue weighted by atomic mass is 19.4. The number of likely N-dealkylation sites (N-methyl/N-ethyl adjacent to an activating group) is 1. The maximum absolute atomic E-state index is 15.1. The molecular weight excluding hydrogens is 883 g/mol. The predicted molar refractivity (Wildman–Crippen MR) is 189 cm³/mol. The van der Waals surface area contributed by atoms with E-state index in [-0.39, 0.29) is 62.3 Å². The number of unbranched alkanes of at least 4 members (excludes halogenated alkanes) is 4.